The molecule has 0 fully saturated rings. The summed E-state index contributed by atoms with van der Waals surface area (Å²) in [6.07, 6.45) is 2.87. The number of aromatic nitrogens is 2. The van der Waals surface area contributed by atoms with Gasteiger partial charge in [-0.1, -0.05) is 19.1 Å². The van der Waals surface area contributed by atoms with Crippen LogP contribution in [0.5, 0.6) is 0 Å². The van der Waals surface area contributed by atoms with Gasteiger partial charge in [-0.25, -0.2) is 8.78 Å². The highest BCUT2D eigenvalue weighted by Crippen LogP contribution is 2.21. The Balaban J connectivity index is 2.24. The van der Waals surface area contributed by atoms with Crippen molar-refractivity contribution in [3.8, 4) is 0 Å². The third kappa shape index (κ3) is 3.02. The molecule has 1 atom stereocenters. The van der Waals surface area contributed by atoms with E-state index in [4.69, 9.17) is 5.84 Å². The molecule has 0 aliphatic rings. The van der Waals surface area contributed by atoms with Gasteiger partial charge in [0, 0.05) is 12.7 Å². The third-order valence-corrected chi connectivity index (χ3v) is 3.20. The molecule has 2 aromatic rings. The Morgan fingerprint density at radius 1 is 1.35 bits per heavy atom. The maximum atomic E-state index is 13.7. The number of hydrogen-bond donors (Lipinski definition) is 2. The van der Waals surface area contributed by atoms with Crippen LogP contribution >= 0.6 is 0 Å². The van der Waals surface area contributed by atoms with E-state index < -0.39 is 11.6 Å². The molecule has 2 rings (SSSR count). The zero-order chi connectivity index (χ0) is 14.5. The molecular weight excluding hydrogens is 262 g/mol. The van der Waals surface area contributed by atoms with Gasteiger partial charge in [-0.2, -0.15) is 5.10 Å². The van der Waals surface area contributed by atoms with E-state index in [1.165, 1.54) is 6.07 Å². The summed E-state index contributed by atoms with van der Waals surface area (Å²) in [5.41, 5.74) is 3.80. The van der Waals surface area contributed by atoms with Crippen molar-refractivity contribution in [2.75, 3.05) is 0 Å². The fourth-order valence-corrected chi connectivity index (χ4v) is 2.21. The predicted molar refractivity (Wildman–Crippen MR) is 72.6 cm³/mol. The van der Waals surface area contributed by atoms with E-state index in [1.807, 2.05) is 17.7 Å². The zero-order valence-electron chi connectivity index (χ0n) is 11.3. The SMILES string of the molecule is CCCn1nccc1C(Cc1cccc(F)c1F)NN. The van der Waals surface area contributed by atoms with Crippen LogP contribution in [0.3, 0.4) is 0 Å². The lowest BCUT2D eigenvalue weighted by Gasteiger charge is -2.18. The fourth-order valence-electron chi connectivity index (χ4n) is 2.21. The molecule has 0 saturated heterocycles. The maximum Gasteiger partial charge on any atom is 0.162 e. The van der Waals surface area contributed by atoms with Crippen LogP contribution in [0.4, 0.5) is 8.78 Å². The van der Waals surface area contributed by atoms with Crippen LogP contribution < -0.4 is 11.3 Å². The van der Waals surface area contributed by atoms with Gasteiger partial charge in [0.25, 0.3) is 0 Å². The van der Waals surface area contributed by atoms with E-state index in [1.54, 1.807) is 12.3 Å². The molecule has 1 unspecified atom stereocenters. The van der Waals surface area contributed by atoms with E-state index in [9.17, 15) is 8.78 Å². The highest BCUT2D eigenvalue weighted by atomic mass is 19.2. The highest BCUT2D eigenvalue weighted by Gasteiger charge is 2.18. The van der Waals surface area contributed by atoms with E-state index in [0.717, 1.165) is 24.7 Å². The average Bonchev–Trinajstić information content (AvgIpc) is 2.89. The van der Waals surface area contributed by atoms with Crippen molar-refractivity contribution in [2.24, 2.45) is 5.84 Å². The molecule has 0 bridgehead atoms. The molecule has 0 saturated carbocycles. The number of benzene rings is 1. The second-order valence-corrected chi connectivity index (χ2v) is 4.62. The summed E-state index contributed by atoms with van der Waals surface area (Å²) in [5.74, 6) is 3.89. The first-order valence-electron chi connectivity index (χ1n) is 6.58. The highest BCUT2D eigenvalue weighted by molar-refractivity contribution is 5.22. The summed E-state index contributed by atoms with van der Waals surface area (Å²) in [6.45, 7) is 2.80. The van der Waals surface area contributed by atoms with Gasteiger partial charge >= 0.3 is 0 Å². The summed E-state index contributed by atoms with van der Waals surface area (Å²) in [4.78, 5) is 0. The monoisotopic (exact) mass is 280 g/mol. The average molecular weight is 280 g/mol. The summed E-state index contributed by atoms with van der Waals surface area (Å²) < 4.78 is 28.8. The maximum absolute atomic E-state index is 13.7. The molecular formula is C14H18F2N4. The van der Waals surface area contributed by atoms with Crippen molar-refractivity contribution < 1.29 is 8.78 Å². The fraction of sp³-hybridized carbons (Fsp3) is 0.357. The summed E-state index contributed by atoms with van der Waals surface area (Å²) >= 11 is 0. The quantitative estimate of drug-likeness (QED) is 0.630. The molecule has 0 aliphatic carbocycles. The van der Waals surface area contributed by atoms with Gasteiger partial charge in [-0.3, -0.25) is 16.0 Å². The third-order valence-electron chi connectivity index (χ3n) is 3.20. The Morgan fingerprint density at radius 2 is 2.15 bits per heavy atom. The molecule has 1 aromatic carbocycles. The van der Waals surface area contributed by atoms with Crippen molar-refractivity contribution in [3.05, 3.63) is 53.4 Å². The van der Waals surface area contributed by atoms with E-state index >= 15 is 0 Å². The van der Waals surface area contributed by atoms with Gasteiger partial charge in [0.2, 0.25) is 0 Å². The van der Waals surface area contributed by atoms with Crippen LogP contribution in [0.15, 0.2) is 30.5 Å². The van der Waals surface area contributed by atoms with Crippen LogP contribution in [0.2, 0.25) is 0 Å². The Labute approximate surface area is 116 Å². The minimum atomic E-state index is -0.847. The Kier molecular flexibility index (Phi) is 4.81. The number of aryl methyl sites for hydroxylation is 1. The van der Waals surface area contributed by atoms with Crippen molar-refractivity contribution >= 4 is 0 Å². The van der Waals surface area contributed by atoms with Crippen LogP contribution in [0.25, 0.3) is 0 Å². The lowest BCUT2D eigenvalue weighted by Crippen LogP contribution is -2.31. The van der Waals surface area contributed by atoms with E-state index in [0.29, 0.717) is 0 Å². The second kappa shape index (κ2) is 6.58. The van der Waals surface area contributed by atoms with Crippen LogP contribution in [0.1, 0.15) is 30.6 Å². The van der Waals surface area contributed by atoms with Crippen LogP contribution in [-0.4, -0.2) is 9.78 Å². The van der Waals surface area contributed by atoms with Gasteiger partial charge in [0.15, 0.2) is 11.6 Å². The number of nitrogens with zero attached hydrogens (tertiary/aromatic N) is 2. The topological polar surface area (TPSA) is 55.9 Å². The number of hydrogen-bond acceptors (Lipinski definition) is 3. The van der Waals surface area contributed by atoms with Crippen molar-refractivity contribution in [3.63, 3.8) is 0 Å². The summed E-state index contributed by atoms with van der Waals surface area (Å²) in [5, 5.41) is 4.21. The lowest BCUT2D eigenvalue weighted by molar-refractivity contribution is 0.457. The summed E-state index contributed by atoms with van der Waals surface area (Å²) in [6, 6.07) is 5.66. The molecule has 20 heavy (non-hydrogen) atoms. The number of nitrogens with one attached hydrogen (secondary N) is 1. The summed E-state index contributed by atoms with van der Waals surface area (Å²) in [7, 11) is 0. The first kappa shape index (κ1) is 14.6. The zero-order valence-corrected chi connectivity index (χ0v) is 11.3. The molecule has 0 spiro atoms. The first-order valence-corrected chi connectivity index (χ1v) is 6.58. The standard InChI is InChI=1S/C14H18F2N4/c1-2-8-20-13(6-7-18-20)12(19-17)9-10-4-3-5-11(15)14(10)16/h3-7,12,19H,2,8-9,17H2,1H3. The van der Waals surface area contributed by atoms with Crippen molar-refractivity contribution in [2.45, 2.75) is 32.4 Å². The number of hydrazine groups is 1. The number of halogens is 2. The van der Waals surface area contributed by atoms with Gasteiger partial charge in [-0.05, 0) is 30.5 Å². The molecule has 1 aromatic heterocycles. The van der Waals surface area contributed by atoms with Gasteiger partial charge in [0.1, 0.15) is 0 Å². The predicted octanol–water partition coefficient (Wildman–Crippen LogP) is 2.32. The molecule has 0 radical (unpaired) electrons. The molecule has 4 nitrogen and oxygen atoms in total. The smallest absolute Gasteiger partial charge is 0.162 e. The Bertz CT molecular complexity index is 568. The molecule has 0 aliphatic heterocycles. The second-order valence-electron chi connectivity index (χ2n) is 4.62. The minimum Gasteiger partial charge on any atom is -0.271 e. The lowest BCUT2D eigenvalue weighted by atomic mass is 10.0. The van der Waals surface area contributed by atoms with E-state index in [2.05, 4.69) is 10.5 Å². The molecule has 0 amide bonds. The minimum absolute atomic E-state index is 0.259. The molecule has 1 heterocycles. The van der Waals surface area contributed by atoms with E-state index in [-0.39, 0.29) is 18.0 Å². The number of rotatable bonds is 6. The normalized spacial score (nSPS) is 12.6. The molecule has 108 valence electrons. The van der Waals surface area contributed by atoms with Crippen LogP contribution in [0, 0.1) is 11.6 Å². The first-order chi connectivity index (χ1) is 9.67. The Morgan fingerprint density at radius 3 is 2.85 bits per heavy atom. The van der Waals surface area contributed by atoms with Gasteiger partial charge < -0.3 is 0 Å². The van der Waals surface area contributed by atoms with Crippen LogP contribution in [-0.2, 0) is 13.0 Å². The molecule has 6 heteroatoms. The van der Waals surface area contributed by atoms with Crippen molar-refractivity contribution in [1.82, 2.24) is 15.2 Å². The Hall–Kier alpha value is -1.79. The molecule has 3 N–H and O–H groups in total. The van der Waals surface area contributed by atoms with Crippen molar-refractivity contribution in [1.29, 1.82) is 0 Å². The number of nitrogens with two attached hydrogens (primary N) is 1. The van der Waals surface area contributed by atoms with Gasteiger partial charge in [0.05, 0.1) is 11.7 Å². The largest absolute Gasteiger partial charge is 0.271 e. The van der Waals surface area contributed by atoms with Gasteiger partial charge in [-0.15, -0.1) is 0 Å².